The Bertz CT molecular complexity index is 892. The lowest BCUT2D eigenvalue weighted by molar-refractivity contribution is -0.143. The SMILES string of the molecule is Bc1ccc([C@]2(N3C(=O)c4ccccc4C3=O)C[C@@](O)(C3CC3)C2)cc1. The fourth-order valence-electron chi connectivity index (χ4n) is 4.80. The van der Waals surface area contributed by atoms with Gasteiger partial charge in [0.15, 0.2) is 0 Å². The van der Waals surface area contributed by atoms with Crippen molar-refractivity contribution < 1.29 is 14.7 Å². The van der Waals surface area contributed by atoms with Crippen LogP contribution in [0.15, 0.2) is 48.5 Å². The van der Waals surface area contributed by atoms with Gasteiger partial charge in [0.2, 0.25) is 0 Å². The van der Waals surface area contributed by atoms with E-state index in [1.807, 2.05) is 32.1 Å². The molecule has 0 atom stereocenters. The number of nitrogens with zero attached hydrogens (tertiary/aromatic N) is 1. The lowest BCUT2D eigenvalue weighted by Crippen LogP contribution is -2.65. The summed E-state index contributed by atoms with van der Waals surface area (Å²) in [6.07, 6.45) is 2.92. The number of amides is 2. The predicted molar refractivity (Wildman–Crippen MR) is 100 cm³/mol. The van der Waals surface area contributed by atoms with Gasteiger partial charge < -0.3 is 5.11 Å². The van der Waals surface area contributed by atoms with Gasteiger partial charge >= 0.3 is 0 Å². The van der Waals surface area contributed by atoms with Crippen LogP contribution in [0.4, 0.5) is 0 Å². The van der Waals surface area contributed by atoms with Crippen molar-refractivity contribution >= 4 is 25.1 Å². The van der Waals surface area contributed by atoms with E-state index in [4.69, 9.17) is 0 Å². The van der Waals surface area contributed by atoms with Gasteiger partial charge in [0, 0.05) is 12.8 Å². The summed E-state index contributed by atoms with van der Waals surface area (Å²) in [5, 5.41) is 11.0. The highest BCUT2D eigenvalue weighted by molar-refractivity contribution is 6.32. The van der Waals surface area contributed by atoms with Crippen LogP contribution in [-0.2, 0) is 5.54 Å². The van der Waals surface area contributed by atoms with E-state index < -0.39 is 11.1 Å². The van der Waals surface area contributed by atoms with Crippen LogP contribution in [0.25, 0.3) is 0 Å². The van der Waals surface area contributed by atoms with Gasteiger partial charge in [0.05, 0.1) is 22.3 Å². The molecule has 0 aromatic heterocycles. The van der Waals surface area contributed by atoms with Crippen molar-refractivity contribution in [2.24, 2.45) is 5.92 Å². The first-order valence-corrected chi connectivity index (χ1v) is 9.22. The number of carbonyl (C=O) groups excluding carboxylic acids is 2. The highest BCUT2D eigenvalue weighted by atomic mass is 16.3. The largest absolute Gasteiger partial charge is 0.389 e. The highest BCUT2D eigenvalue weighted by Gasteiger charge is 2.66. The summed E-state index contributed by atoms with van der Waals surface area (Å²) in [4.78, 5) is 27.6. The third kappa shape index (κ3) is 2.01. The molecule has 2 saturated carbocycles. The maximum atomic E-state index is 13.1. The Morgan fingerprint density at radius 3 is 1.96 bits per heavy atom. The number of carbonyl (C=O) groups is 2. The van der Waals surface area contributed by atoms with E-state index in [1.165, 1.54) is 4.90 Å². The zero-order chi connectivity index (χ0) is 18.1. The van der Waals surface area contributed by atoms with Crippen LogP contribution in [0.5, 0.6) is 0 Å². The number of fused-ring (bicyclic) bond motifs is 1. The van der Waals surface area contributed by atoms with E-state index >= 15 is 0 Å². The van der Waals surface area contributed by atoms with E-state index in [-0.39, 0.29) is 11.8 Å². The van der Waals surface area contributed by atoms with Gasteiger partial charge in [0.25, 0.3) is 11.8 Å². The van der Waals surface area contributed by atoms with E-state index in [1.54, 1.807) is 24.3 Å². The third-order valence-corrected chi connectivity index (χ3v) is 6.35. The molecule has 1 heterocycles. The number of hydrogen-bond acceptors (Lipinski definition) is 3. The Balaban J connectivity index is 1.61. The van der Waals surface area contributed by atoms with E-state index in [0.29, 0.717) is 29.9 Å². The van der Waals surface area contributed by atoms with Crippen molar-refractivity contribution in [1.29, 1.82) is 0 Å². The molecule has 2 aromatic carbocycles. The molecule has 130 valence electrons. The Morgan fingerprint density at radius 1 is 0.923 bits per heavy atom. The molecule has 26 heavy (non-hydrogen) atoms. The molecular weight excluding hydrogens is 325 g/mol. The molecule has 3 aliphatic rings. The van der Waals surface area contributed by atoms with Crippen LogP contribution in [0.1, 0.15) is 52.0 Å². The summed E-state index contributed by atoms with van der Waals surface area (Å²) in [5.74, 6) is -0.190. The van der Waals surface area contributed by atoms with Crippen LogP contribution < -0.4 is 5.46 Å². The van der Waals surface area contributed by atoms with Gasteiger partial charge in [-0.15, -0.1) is 0 Å². The average Bonchev–Trinajstić information content (AvgIpc) is 3.42. The lowest BCUT2D eigenvalue weighted by Gasteiger charge is -2.57. The molecule has 5 heteroatoms. The zero-order valence-corrected chi connectivity index (χ0v) is 14.7. The number of hydrogen-bond donors (Lipinski definition) is 1. The second-order valence-corrected chi connectivity index (χ2v) is 8.12. The first kappa shape index (κ1) is 15.8. The number of aliphatic hydroxyl groups is 1. The minimum Gasteiger partial charge on any atom is -0.389 e. The predicted octanol–water partition coefficient (Wildman–Crippen LogP) is 1.37. The van der Waals surface area contributed by atoms with Crippen LogP contribution in [0.2, 0.25) is 0 Å². The molecule has 4 nitrogen and oxygen atoms in total. The van der Waals surface area contributed by atoms with E-state index in [0.717, 1.165) is 23.9 Å². The average molecular weight is 345 g/mol. The van der Waals surface area contributed by atoms with E-state index in [9.17, 15) is 14.7 Å². The van der Waals surface area contributed by atoms with Gasteiger partial charge in [-0.1, -0.05) is 41.9 Å². The molecule has 1 N–H and O–H groups in total. The number of imide groups is 1. The van der Waals surface area contributed by atoms with Crippen molar-refractivity contribution in [3.05, 3.63) is 65.2 Å². The molecule has 0 saturated heterocycles. The summed E-state index contributed by atoms with van der Waals surface area (Å²) in [6, 6.07) is 15.0. The summed E-state index contributed by atoms with van der Waals surface area (Å²) < 4.78 is 0. The summed E-state index contributed by atoms with van der Waals surface area (Å²) in [6.45, 7) is 0. The smallest absolute Gasteiger partial charge is 0.262 e. The number of benzene rings is 2. The fraction of sp³-hybridized carbons (Fsp3) is 0.333. The molecule has 0 bridgehead atoms. The molecule has 5 rings (SSSR count). The summed E-state index contributed by atoms with van der Waals surface area (Å²) in [7, 11) is 2.01. The topological polar surface area (TPSA) is 57.6 Å². The monoisotopic (exact) mass is 345 g/mol. The molecule has 2 amide bonds. The molecule has 1 aliphatic heterocycles. The lowest BCUT2D eigenvalue weighted by atomic mass is 9.58. The van der Waals surface area contributed by atoms with E-state index in [2.05, 4.69) is 0 Å². The first-order chi connectivity index (χ1) is 12.4. The van der Waals surface area contributed by atoms with Crippen molar-refractivity contribution in [1.82, 2.24) is 4.90 Å². The van der Waals surface area contributed by atoms with Gasteiger partial charge in [-0.25, -0.2) is 0 Å². The molecule has 0 unspecified atom stereocenters. The first-order valence-electron chi connectivity index (χ1n) is 9.22. The minimum atomic E-state index is -0.764. The van der Waals surface area contributed by atoms with Crippen molar-refractivity contribution in [3.63, 3.8) is 0 Å². The Kier molecular flexibility index (Phi) is 3.09. The van der Waals surface area contributed by atoms with Crippen molar-refractivity contribution in [3.8, 4) is 0 Å². The Labute approximate surface area is 153 Å². The van der Waals surface area contributed by atoms with Gasteiger partial charge in [-0.3, -0.25) is 14.5 Å². The Hall–Kier alpha value is -2.40. The fourth-order valence-corrected chi connectivity index (χ4v) is 4.80. The minimum absolute atomic E-state index is 0.246. The third-order valence-electron chi connectivity index (χ3n) is 6.35. The molecule has 2 aliphatic carbocycles. The maximum Gasteiger partial charge on any atom is 0.262 e. The van der Waals surface area contributed by atoms with Crippen molar-refractivity contribution in [2.75, 3.05) is 0 Å². The van der Waals surface area contributed by atoms with Gasteiger partial charge in [0.1, 0.15) is 7.85 Å². The molecular formula is C21H20BNO3. The molecule has 2 fully saturated rings. The second kappa shape index (κ2) is 5.07. The van der Waals surface area contributed by atoms with Crippen LogP contribution in [0, 0.1) is 5.92 Å². The molecule has 0 radical (unpaired) electrons. The quantitative estimate of drug-likeness (QED) is 0.675. The standard InChI is InChI=1S/C21H20BNO3/c22-15-9-7-13(8-10-15)20(11-21(26,12-20)14-5-6-14)23-18(24)16-3-1-2-4-17(16)19(23)25/h1-4,7-10,14,26H,5-6,11-12,22H2/t20-,21-. The second-order valence-electron chi connectivity index (χ2n) is 8.12. The van der Waals surface area contributed by atoms with Crippen LogP contribution in [-0.4, -0.2) is 35.3 Å². The molecule has 2 aromatic rings. The number of rotatable bonds is 3. The van der Waals surface area contributed by atoms with Crippen molar-refractivity contribution in [2.45, 2.75) is 36.8 Å². The summed E-state index contributed by atoms with van der Waals surface area (Å²) in [5.41, 5.74) is 1.47. The van der Waals surface area contributed by atoms with Gasteiger partial charge in [-0.2, -0.15) is 0 Å². The molecule has 0 spiro atoms. The van der Waals surface area contributed by atoms with Crippen LogP contribution >= 0.6 is 0 Å². The highest BCUT2D eigenvalue weighted by Crippen LogP contribution is 2.61. The maximum absolute atomic E-state index is 13.1. The Morgan fingerprint density at radius 2 is 1.46 bits per heavy atom. The zero-order valence-electron chi connectivity index (χ0n) is 14.7. The van der Waals surface area contributed by atoms with Crippen LogP contribution in [0.3, 0.4) is 0 Å². The normalized spacial score (nSPS) is 30.3. The van der Waals surface area contributed by atoms with Gasteiger partial charge in [-0.05, 0) is 36.5 Å². The summed E-state index contributed by atoms with van der Waals surface area (Å²) >= 11 is 0.